The number of rotatable bonds is 5. The van der Waals surface area contributed by atoms with Crippen LogP contribution in [0.2, 0.25) is 0 Å². The van der Waals surface area contributed by atoms with Crippen LogP contribution in [-0.2, 0) is 6.54 Å². The van der Waals surface area contributed by atoms with E-state index >= 15 is 0 Å². The highest BCUT2D eigenvalue weighted by atomic mass is 32.1. The van der Waals surface area contributed by atoms with Crippen LogP contribution < -0.4 is 5.32 Å². The molecule has 0 saturated carbocycles. The van der Waals surface area contributed by atoms with Gasteiger partial charge in [-0.2, -0.15) is 0 Å². The number of benzene rings is 1. The summed E-state index contributed by atoms with van der Waals surface area (Å²) < 4.78 is 5.31. The highest BCUT2D eigenvalue weighted by Gasteiger charge is 2.11. The highest BCUT2D eigenvalue weighted by Crippen LogP contribution is 2.25. The summed E-state index contributed by atoms with van der Waals surface area (Å²) in [5.74, 6) is 0.941. The number of aromatic nitrogens is 1. The van der Waals surface area contributed by atoms with Crippen molar-refractivity contribution in [3.05, 3.63) is 64.9 Å². The van der Waals surface area contributed by atoms with Crippen LogP contribution in [0.15, 0.2) is 58.5 Å². The van der Waals surface area contributed by atoms with Gasteiger partial charge in [-0.05, 0) is 19.1 Å². The summed E-state index contributed by atoms with van der Waals surface area (Å²) in [5.41, 5.74) is 2.20. The van der Waals surface area contributed by atoms with Gasteiger partial charge < -0.3 is 9.73 Å². The maximum Gasteiger partial charge on any atom is 0.117 e. The van der Waals surface area contributed by atoms with Crippen molar-refractivity contribution in [2.75, 3.05) is 0 Å². The third-order valence-electron chi connectivity index (χ3n) is 3.12. The number of nitrogens with one attached hydrogen (secondary N) is 1. The largest absolute Gasteiger partial charge is 0.468 e. The predicted molar refractivity (Wildman–Crippen MR) is 81.5 cm³/mol. The van der Waals surface area contributed by atoms with E-state index in [1.165, 1.54) is 0 Å². The van der Waals surface area contributed by atoms with Gasteiger partial charge in [-0.3, -0.25) is 0 Å². The molecule has 20 heavy (non-hydrogen) atoms. The standard InChI is InChI=1S/C16H16N2OS/c1-12(17-10-14-8-5-9-19-14)16-18-15(11-20-16)13-6-3-2-4-7-13/h2-9,11-12,17H,10H2,1H3/t12-/m0/s1. The number of hydrogen-bond donors (Lipinski definition) is 1. The molecule has 0 unspecified atom stereocenters. The summed E-state index contributed by atoms with van der Waals surface area (Å²) in [5, 5.41) is 6.62. The van der Waals surface area contributed by atoms with Gasteiger partial charge in [0.25, 0.3) is 0 Å². The van der Waals surface area contributed by atoms with Crippen LogP contribution in [-0.4, -0.2) is 4.98 Å². The Morgan fingerprint density at radius 2 is 2.05 bits per heavy atom. The van der Waals surface area contributed by atoms with E-state index in [1.54, 1.807) is 17.6 Å². The van der Waals surface area contributed by atoms with Gasteiger partial charge in [-0.25, -0.2) is 4.98 Å². The molecule has 0 saturated heterocycles. The first-order chi connectivity index (χ1) is 9.83. The molecule has 0 amide bonds. The quantitative estimate of drug-likeness (QED) is 0.761. The van der Waals surface area contributed by atoms with Crippen molar-refractivity contribution >= 4 is 11.3 Å². The molecule has 0 aliphatic heterocycles. The Morgan fingerprint density at radius 3 is 2.80 bits per heavy atom. The maximum atomic E-state index is 5.31. The van der Waals surface area contributed by atoms with Crippen LogP contribution in [0.25, 0.3) is 11.3 Å². The third kappa shape index (κ3) is 2.98. The van der Waals surface area contributed by atoms with Crippen molar-refractivity contribution in [3.63, 3.8) is 0 Å². The summed E-state index contributed by atoms with van der Waals surface area (Å²) in [6.07, 6.45) is 1.69. The van der Waals surface area contributed by atoms with Crippen LogP contribution >= 0.6 is 11.3 Å². The third-order valence-corrected chi connectivity index (χ3v) is 4.15. The fourth-order valence-corrected chi connectivity index (χ4v) is 2.84. The Kier molecular flexibility index (Phi) is 3.95. The molecule has 1 N–H and O–H groups in total. The summed E-state index contributed by atoms with van der Waals surface area (Å²) in [6.45, 7) is 2.84. The molecule has 102 valence electrons. The van der Waals surface area contributed by atoms with E-state index in [2.05, 4.69) is 29.8 Å². The van der Waals surface area contributed by atoms with Gasteiger partial charge >= 0.3 is 0 Å². The number of nitrogens with zero attached hydrogens (tertiary/aromatic N) is 1. The van der Waals surface area contributed by atoms with Gasteiger partial charge in [0.1, 0.15) is 10.8 Å². The van der Waals surface area contributed by atoms with Crippen LogP contribution in [0.5, 0.6) is 0 Å². The predicted octanol–water partition coefficient (Wildman–Crippen LogP) is 4.25. The summed E-state index contributed by atoms with van der Waals surface area (Å²) in [6, 6.07) is 14.3. The number of thiazole rings is 1. The molecule has 2 heterocycles. The first-order valence-corrected chi connectivity index (χ1v) is 7.47. The molecule has 1 aromatic carbocycles. The smallest absolute Gasteiger partial charge is 0.117 e. The zero-order chi connectivity index (χ0) is 13.8. The van der Waals surface area contributed by atoms with Gasteiger partial charge in [0, 0.05) is 10.9 Å². The molecule has 2 aromatic heterocycles. The zero-order valence-corrected chi connectivity index (χ0v) is 12.1. The number of hydrogen-bond acceptors (Lipinski definition) is 4. The van der Waals surface area contributed by atoms with Gasteiger partial charge in [0.15, 0.2) is 0 Å². The monoisotopic (exact) mass is 284 g/mol. The van der Waals surface area contributed by atoms with Crippen LogP contribution in [0.3, 0.4) is 0 Å². The lowest BCUT2D eigenvalue weighted by Crippen LogP contribution is -2.17. The van der Waals surface area contributed by atoms with Gasteiger partial charge in [0.2, 0.25) is 0 Å². The molecule has 0 spiro atoms. The van der Waals surface area contributed by atoms with E-state index in [9.17, 15) is 0 Å². The summed E-state index contributed by atoms with van der Waals surface area (Å²) in [4.78, 5) is 4.71. The summed E-state index contributed by atoms with van der Waals surface area (Å²) in [7, 11) is 0. The van der Waals surface area contributed by atoms with Crippen LogP contribution in [0, 0.1) is 0 Å². The Labute approximate surface area is 122 Å². The minimum absolute atomic E-state index is 0.211. The van der Waals surface area contributed by atoms with Crippen molar-refractivity contribution in [3.8, 4) is 11.3 Å². The zero-order valence-electron chi connectivity index (χ0n) is 11.2. The molecule has 3 aromatic rings. The molecule has 0 bridgehead atoms. The van der Waals surface area contributed by atoms with Gasteiger partial charge in [0.05, 0.1) is 24.5 Å². The molecule has 4 heteroatoms. The normalized spacial score (nSPS) is 12.4. The van der Waals surface area contributed by atoms with E-state index in [0.717, 1.165) is 22.0 Å². The van der Waals surface area contributed by atoms with Crippen molar-refractivity contribution in [2.24, 2.45) is 0 Å². The maximum absolute atomic E-state index is 5.31. The average molecular weight is 284 g/mol. The Hall–Kier alpha value is -1.91. The fourth-order valence-electron chi connectivity index (χ4n) is 1.98. The van der Waals surface area contributed by atoms with E-state index in [0.29, 0.717) is 6.54 Å². The molecular formula is C16H16N2OS. The molecule has 3 rings (SSSR count). The van der Waals surface area contributed by atoms with Crippen molar-refractivity contribution < 1.29 is 4.42 Å². The molecule has 0 radical (unpaired) electrons. The van der Waals surface area contributed by atoms with Crippen LogP contribution in [0.1, 0.15) is 23.7 Å². The Bertz CT molecular complexity index is 646. The van der Waals surface area contributed by atoms with E-state index in [4.69, 9.17) is 9.40 Å². The Morgan fingerprint density at radius 1 is 1.20 bits per heavy atom. The minimum atomic E-state index is 0.211. The second-order valence-electron chi connectivity index (χ2n) is 4.62. The first kappa shape index (κ1) is 13.1. The van der Waals surface area contributed by atoms with Crippen molar-refractivity contribution in [1.29, 1.82) is 0 Å². The minimum Gasteiger partial charge on any atom is -0.468 e. The molecular weight excluding hydrogens is 268 g/mol. The molecule has 0 aliphatic carbocycles. The molecule has 0 aliphatic rings. The van der Waals surface area contributed by atoms with Crippen molar-refractivity contribution in [2.45, 2.75) is 19.5 Å². The molecule has 0 fully saturated rings. The van der Waals surface area contributed by atoms with E-state index in [1.807, 2.05) is 30.3 Å². The molecule has 3 nitrogen and oxygen atoms in total. The lowest BCUT2D eigenvalue weighted by Gasteiger charge is -2.09. The molecule has 1 atom stereocenters. The highest BCUT2D eigenvalue weighted by molar-refractivity contribution is 7.10. The topological polar surface area (TPSA) is 38.1 Å². The van der Waals surface area contributed by atoms with Gasteiger partial charge in [-0.15, -0.1) is 11.3 Å². The second-order valence-corrected chi connectivity index (χ2v) is 5.51. The van der Waals surface area contributed by atoms with E-state index in [-0.39, 0.29) is 6.04 Å². The van der Waals surface area contributed by atoms with Gasteiger partial charge in [-0.1, -0.05) is 30.3 Å². The first-order valence-electron chi connectivity index (χ1n) is 6.59. The average Bonchev–Trinajstić information content (AvgIpc) is 3.17. The lowest BCUT2D eigenvalue weighted by molar-refractivity contribution is 0.460. The Balaban J connectivity index is 1.67. The fraction of sp³-hybridized carbons (Fsp3) is 0.188. The summed E-state index contributed by atoms with van der Waals surface area (Å²) >= 11 is 1.69. The number of furan rings is 1. The second kappa shape index (κ2) is 6.03. The van der Waals surface area contributed by atoms with Crippen LogP contribution in [0.4, 0.5) is 0 Å². The van der Waals surface area contributed by atoms with Crippen molar-refractivity contribution in [1.82, 2.24) is 10.3 Å². The lowest BCUT2D eigenvalue weighted by atomic mass is 10.2. The SMILES string of the molecule is C[C@H](NCc1ccco1)c1nc(-c2ccccc2)cs1. The van der Waals surface area contributed by atoms with E-state index < -0.39 is 0 Å².